The SMILES string of the molecule is CCNC(=NCC(OC)C(C)(C)C)NCC1CC(=O)Nc2ccccc21.I. The second-order valence-electron chi connectivity index (χ2n) is 7.73. The van der Waals surface area contributed by atoms with Crippen molar-refractivity contribution < 1.29 is 9.53 Å². The van der Waals surface area contributed by atoms with Crippen LogP contribution in [0.2, 0.25) is 0 Å². The molecule has 0 bridgehead atoms. The molecule has 27 heavy (non-hydrogen) atoms. The molecule has 0 radical (unpaired) electrons. The van der Waals surface area contributed by atoms with E-state index in [-0.39, 0.29) is 47.3 Å². The molecule has 0 aliphatic carbocycles. The summed E-state index contributed by atoms with van der Waals surface area (Å²) in [5.74, 6) is 0.941. The lowest BCUT2D eigenvalue weighted by Gasteiger charge is -2.29. The number of halogens is 1. The van der Waals surface area contributed by atoms with Crippen molar-refractivity contribution in [1.82, 2.24) is 10.6 Å². The minimum atomic E-state index is 0. The molecule has 0 saturated carbocycles. The molecule has 7 heteroatoms. The number of hydrogen-bond acceptors (Lipinski definition) is 3. The van der Waals surface area contributed by atoms with Gasteiger partial charge in [-0.3, -0.25) is 9.79 Å². The number of hydrogen-bond donors (Lipinski definition) is 3. The maximum Gasteiger partial charge on any atom is 0.225 e. The lowest BCUT2D eigenvalue weighted by Crippen LogP contribution is -2.42. The van der Waals surface area contributed by atoms with Gasteiger partial charge in [-0.05, 0) is 24.0 Å². The summed E-state index contributed by atoms with van der Waals surface area (Å²) in [7, 11) is 1.73. The highest BCUT2D eigenvalue weighted by Crippen LogP contribution is 2.31. The van der Waals surface area contributed by atoms with Crippen LogP contribution in [0.25, 0.3) is 0 Å². The number of methoxy groups -OCH3 is 1. The number of nitrogens with one attached hydrogen (secondary N) is 3. The van der Waals surface area contributed by atoms with Crippen molar-refractivity contribution in [3.05, 3.63) is 29.8 Å². The molecule has 2 atom stereocenters. The van der Waals surface area contributed by atoms with Crippen molar-refractivity contribution in [2.75, 3.05) is 32.1 Å². The summed E-state index contributed by atoms with van der Waals surface area (Å²) in [6.45, 7) is 10.5. The fourth-order valence-corrected chi connectivity index (χ4v) is 3.12. The molecule has 0 saturated heterocycles. The van der Waals surface area contributed by atoms with Gasteiger partial charge in [-0.1, -0.05) is 39.0 Å². The van der Waals surface area contributed by atoms with Gasteiger partial charge in [0.2, 0.25) is 5.91 Å². The summed E-state index contributed by atoms with van der Waals surface area (Å²) in [5.41, 5.74) is 2.10. The Balaban J connectivity index is 0.00000364. The number of fused-ring (bicyclic) bond motifs is 1. The maximum absolute atomic E-state index is 12.0. The van der Waals surface area contributed by atoms with Gasteiger partial charge in [0.15, 0.2) is 5.96 Å². The van der Waals surface area contributed by atoms with Crippen molar-refractivity contribution >= 4 is 41.5 Å². The zero-order valence-corrected chi connectivity index (χ0v) is 19.3. The van der Waals surface area contributed by atoms with Gasteiger partial charge in [-0.2, -0.15) is 0 Å². The molecule has 0 fully saturated rings. The van der Waals surface area contributed by atoms with Gasteiger partial charge in [0.25, 0.3) is 0 Å². The lowest BCUT2D eigenvalue weighted by atomic mass is 9.89. The van der Waals surface area contributed by atoms with Crippen molar-refractivity contribution in [2.45, 2.75) is 46.1 Å². The van der Waals surface area contributed by atoms with E-state index in [1.807, 2.05) is 25.1 Å². The Bertz CT molecular complexity index is 643. The van der Waals surface area contributed by atoms with E-state index in [4.69, 9.17) is 4.74 Å². The number of anilines is 1. The van der Waals surface area contributed by atoms with Crippen molar-refractivity contribution in [1.29, 1.82) is 0 Å². The molecule has 0 spiro atoms. The molecule has 1 amide bonds. The molecule has 1 aromatic rings. The van der Waals surface area contributed by atoms with Crippen LogP contribution in [0.1, 0.15) is 45.6 Å². The monoisotopic (exact) mass is 488 g/mol. The Kier molecular flexibility index (Phi) is 9.52. The molecule has 2 rings (SSSR count). The minimum absolute atomic E-state index is 0. The topological polar surface area (TPSA) is 74.8 Å². The van der Waals surface area contributed by atoms with Crippen molar-refractivity contribution in [3.8, 4) is 0 Å². The molecule has 1 aromatic carbocycles. The van der Waals surface area contributed by atoms with E-state index in [0.717, 1.165) is 18.2 Å². The third-order valence-electron chi connectivity index (χ3n) is 4.63. The van der Waals surface area contributed by atoms with E-state index in [1.165, 1.54) is 5.56 Å². The number of carbonyl (C=O) groups is 1. The second kappa shape index (κ2) is 10.8. The standard InChI is InChI=1S/C20H32N4O2.HI/c1-6-21-19(23-13-17(26-5)20(2,3)4)22-12-14-11-18(25)24-16-10-8-7-9-15(14)16;/h7-10,14,17H,6,11-13H2,1-5H3,(H,24,25)(H2,21,22,23);1H. The summed E-state index contributed by atoms with van der Waals surface area (Å²) < 4.78 is 5.58. The molecule has 6 nitrogen and oxygen atoms in total. The van der Waals surface area contributed by atoms with Crippen LogP contribution in [-0.2, 0) is 9.53 Å². The Hall–Kier alpha value is -1.35. The number of rotatable bonds is 6. The number of benzene rings is 1. The van der Waals surface area contributed by atoms with Crippen LogP contribution in [0.4, 0.5) is 5.69 Å². The van der Waals surface area contributed by atoms with Crippen LogP contribution in [-0.4, -0.2) is 44.7 Å². The van der Waals surface area contributed by atoms with E-state index in [9.17, 15) is 4.79 Å². The zero-order valence-electron chi connectivity index (χ0n) is 17.0. The average Bonchev–Trinajstić information content (AvgIpc) is 2.58. The Morgan fingerprint density at radius 2 is 2.04 bits per heavy atom. The summed E-state index contributed by atoms with van der Waals surface area (Å²) in [5, 5.41) is 9.59. The van der Waals surface area contributed by atoms with Gasteiger partial charge in [0.05, 0.1) is 12.6 Å². The lowest BCUT2D eigenvalue weighted by molar-refractivity contribution is -0.116. The Labute approximate surface area is 179 Å². The highest BCUT2D eigenvalue weighted by molar-refractivity contribution is 14.0. The fourth-order valence-electron chi connectivity index (χ4n) is 3.12. The third-order valence-corrected chi connectivity index (χ3v) is 4.63. The zero-order chi connectivity index (χ0) is 19.2. The minimum Gasteiger partial charge on any atom is -0.379 e. The van der Waals surface area contributed by atoms with E-state index < -0.39 is 0 Å². The van der Waals surface area contributed by atoms with Crippen LogP contribution in [0, 0.1) is 5.41 Å². The molecule has 1 aliphatic rings. The molecule has 3 N–H and O–H groups in total. The summed E-state index contributed by atoms with van der Waals surface area (Å²) in [4.78, 5) is 16.6. The molecule has 1 aliphatic heterocycles. The smallest absolute Gasteiger partial charge is 0.225 e. The quantitative estimate of drug-likeness (QED) is 0.326. The summed E-state index contributed by atoms with van der Waals surface area (Å²) >= 11 is 0. The third kappa shape index (κ3) is 6.95. The molecule has 2 unspecified atom stereocenters. The number of ether oxygens (including phenoxy) is 1. The van der Waals surface area contributed by atoms with Crippen LogP contribution < -0.4 is 16.0 Å². The number of carbonyl (C=O) groups excluding carboxylic acids is 1. The molecule has 1 heterocycles. The number of nitrogens with zero attached hydrogens (tertiary/aromatic N) is 1. The number of para-hydroxylation sites is 1. The van der Waals surface area contributed by atoms with Gasteiger partial charge in [0.1, 0.15) is 0 Å². The maximum atomic E-state index is 12.0. The number of aliphatic imine (C=N–C) groups is 1. The van der Waals surface area contributed by atoms with Crippen LogP contribution >= 0.6 is 24.0 Å². The van der Waals surface area contributed by atoms with Crippen LogP contribution in [0.15, 0.2) is 29.3 Å². The Morgan fingerprint density at radius 1 is 1.33 bits per heavy atom. The number of guanidine groups is 1. The first kappa shape index (κ1) is 23.7. The Morgan fingerprint density at radius 3 is 2.67 bits per heavy atom. The van der Waals surface area contributed by atoms with Crippen molar-refractivity contribution in [2.24, 2.45) is 10.4 Å². The predicted molar refractivity (Wildman–Crippen MR) is 122 cm³/mol. The average molecular weight is 488 g/mol. The molecular formula is C20H33IN4O2. The first-order valence-electron chi connectivity index (χ1n) is 9.29. The number of amides is 1. The van der Waals surface area contributed by atoms with Crippen molar-refractivity contribution in [3.63, 3.8) is 0 Å². The van der Waals surface area contributed by atoms with Crippen LogP contribution in [0.5, 0.6) is 0 Å². The normalized spacial score (nSPS) is 18.0. The van der Waals surface area contributed by atoms with E-state index in [0.29, 0.717) is 19.5 Å². The predicted octanol–water partition coefficient (Wildman–Crippen LogP) is 3.35. The van der Waals surface area contributed by atoms with E-state index >= 15 is 0 Å². The highest BCUT2D eigenvalue weighted by atomic mass is 127. The fraction of sp³-hybridized carbons (Fsp3) is 0.600. The molecule has 0 aromatic heterocycles. The van der Waals surface area contributed by atoms with Gasteiger partial charge < -0.3 is 20.7 Å². The van der Waals surface area contributed by atoms with Gasteiger partial charge in [-0.15, -0.1) is 24.0 Å². The molecule has 152 valence electrons. The van der Waals surface area contributed by atoms with Gasteiger partial charge in [0, 0.05) is 38.2 Å². The van der Waals surface area contributed by atoms with Gasteiger partial charge in [-0.25, -0.2) is 0 Å². The summed E-state index contributed by atoms with van der Waals surface area (Å²) in [6, 6.07) is 7.98. The second-order valence-corrected chi connectivity index (χ2v) is 7.73. The van der Waals surface area contributed by atoms with Crippen LogP contribution in [0.3, 0.4) is 0 Å². The van der Waals surface area contributed by atoms with E-state index in [1.54, 1.807) is 7.11 Å². The molecular weight excluding hydrogens is 455 g/mol. The summed E-state index contributed by atoms with van der Waals surface area (Å²) in [6.07, 6.45) is 0.519. The van der Waals surface area contributed by atoms with E-state index in [2.05, 4.69) is 47.8 Å². The first-order valence-corrected chi connectivity index (χ1v) is 9.29. The first-order chi connectivity index (χ1) is 12.3. The highest BCUT2D eigenvalue weighted by Gasteiger charge is 2.26. The largest absolute Gasteiger partial charge is 0.379 e. The van der Waals surface area contributed by atoms with Gasteiger partial charge >= 0.3 is 0 Å².